The summed E-state index contributed by atoms with van der Waals surface area (Å²) < 4.78 is 45.4. The summed E-state index contributed by atoms with van der Waals surface area (Å²) in [5.41, 5.74) is 1.03. The molecule has 3 aromatic rings. The quantitative estimate of drug-likeness (QED) is 0.461. The van der Waals surface area contributed by atoms with Gasteiger partial charge in [-0.25, -0.2) is 0 Å². The van der Waals surface area contributed by atoms with E-state index in [0.29, 0.717) is 16.4 Å². The molecule has 0 unspecified atom stereocenters. The summed E-state index contributed by atoms with van der Waals surface area (Å²) in [7, 11) is 0. The Hall–Kier alpha value is -3.66. The van der Waals surface area contributed by atoms with E-state index in [2.05, 4.69) is 20.7 Å². The molecule has 2 aromatic carbocycles. The van der Waals surface area contributed by atoms with Crippen molar-refractivity contribution in [3.63, 3.8) is 0 Å². The number of halogens is 4. The number of ether oxygens (including phenoxy) is 1. The summed E-state index contributed by atoms with van der Waals surface area (Å²) in [6.07, 6.45) is -3.44. The molecule has 0 bridgehead atoms. The van der Waals surface area contributed by atoms with Crippen molar-refractivity contribution in [1.29, 1.82) is 0 Å². The van der Waals surface area contributed by atoms with Crippen molar-refractivity contribution in [2.24, 2.45) is 0 Å². The topological polar surface area (TPSA) is 92.6 Å². The van der Waals surface area contributed by atoms with Gasteiger partial charge in [0.05, 0.1) is 24.2 Å². The molecular weight excluding hydrogens is 439 g/mol. The van der Waals surface area contributed by atoms with E-state index in [0.717, 1.165) is 12.1 Å². The zero-order valence-corrected chi connectivity index (χ0v) is 16.4. The molecule has 3 N–H and O–H groups in total. The molecule has 1 aromatic heterocycles. The summed E-state index contributed by atoms with van der Waals surface area (Å²) in [6.45, 7) is -0.188. The summed E-state index contributed by atoms with van der Waals surface area (Å²) >= 11 is 5.99. The van der Waals surface area contributed by atoms with Crippen molar-refractivity contribution in [2.75, 3.05) is 22.5 Å². The van der Waals surface area contributed by atoms with Crippen molar-refractivity contribution in [1.82, 2.24) is 0 Å². The fraction of sp³-hybridized carbons (Fsp3) is 0.100. The van der Waals surface area contributed by atoms with E-state index in [-0.39, 0.29) is 18.0 Å². The molecule has 0 atom stereocenters. The number of nitrogens with one attached hydrogen (secondary N) is 3. The van der Waals surface area contributed by atoms with Crippen molar-refractivity contribution in [2.45, 2.75) is 6.36 Å². The maximum atomic E-state index is 12.2. The van der Waals surface area contributed by atoms with Crippen LogP contribution in [-0.4, -0.2) is 24.7 Å². The van der Waals surface area contributed by atoms with E-state index < -0.39 is 23.9 Å². The van der Waals surface area contributed by atoms with Crippen molar-refractivity contribution < 1.29 is 31.9 Å². The van der Waals surface area contributed by atoms with Gasteiger partial charge >= 0.3 is 6.36 Å². The molecule has 0 aliphatic heterocycles. The molecule has 0 radical (unpaired) electrons. The maximum Gasteiger partial charge on any atom is 0.573 e. The van der Waals surface area contributed by atoms with Gasteiger partial charge in [0.25, 0.3) is 5.91 Å². The fourth-order valence-electron chi connectivity index (χ4n) is 2.49. The highest BCUT2D eigenvalue weighted by atomic mass is 35.5. The third-order valence-electron chi connectivity index (χ3n) is 3.79. The number of carbonyl (C=O) groups is 2. The second kappa shape index (κ2) is 9.43. The number of alkyl halides is 3. The smallest absolute Gasteiger partial charge is 0.459 e. The van der Waals surface area contributed by atoms with Crippen LogP contribution in [0.4, 0.5) is 30.2 Å². The van der Waals surface area contributed by atoms with Gasteiger partial charge in [-0.05, 0) is 54.6 Å². The normalized spacial score (nSPS) is 11.0. The maximum absolute atomic E-state index is 12.2. The molecule has 0 fully saturated rings. The highest BCUT2D eigenvalue weighted by Crippen LogP contribution is 2.27. The Kier molecular flexibility index (Phi) is 6.71. The van der Waals surface area contributed by atoms with Crippen molar-refractivity contribution >= 4 is 40.5 Å². The number of hydrogen-bond donors (Lipinski definition) is 3. The zero-order valence-electron chi connectivity index (χ0n) is 15.6. The van der Waals surface area contributed by atoms with Crippen molar-refractivity contribution in [3.05, 3.63) is 71.6 Å². The summed E-state index contributed by atoms with van der Waals surface area (Å²) in [5.74, 6) is -1.27. The SMILES string of the molecule is O=C(CNc1ccc(Cl)cc1NC(=O)c1ccco1)Nc1ccc(OC(F)(F)F)cc1. The Balaban J connectivity index is 1.59. The van der Waals surface area contributed by atoms with Gasteiger partial charge in [-0.2, -0.15) is 0 Å². The van der Waals surface area contributed by atoms with Crippen LogP contribution in [0.15, 0.2) is 65.3 Å². The molecule has 7 nitrogen and oxygen atoms in total. The van der Waals surface area contributed by atoms with Gasteiger partial charge in [0.2, 0.25) is 5.91 Å². The molecule has 31 heavy (non-hydrogen) atoms. The van der Waals surface area contributed by atoms with Gasteiger partial charge < -0.3 is 25.1 Å². The lowest BCUT2D eigenvalue weighted by molar-refractivity contribution is -0.274. The largest absolute Gasteiger partial charge is 0.573 e. The Morgan fingerprint density at radius 3 is 2.39 bits per heavy atom. The number of rotatable bonds is 7. The molecule has 0 aliphatic rings. The van der Waals surface area contributed by atoms with Crippen LogP contribution in [-0.2, 0) is 4.79 Å². The zero-order chi connectivity index (χ0) is 22.4. The standard InChI is InChI=1S/C20H15ClF3N3O4/c21-12-3-8-15(16(10-12)27-19(29)17-2-1-9-30-17)25-11-18(28)26-13-4-6-14(7-5-13)31-20(22,23)24/h1-10,25H,11H2,(H,26,28)(H,27,29). The Morgan fingerprint density at radius 2 is 1.74 bits per heavy atom. The Bertz CT molecular complexity index is 1050. The molecule has 3 rings (SSSR count). The predicted octanol–water partition coefficient (Wildman–Crippen LogP) is 5.13. The third-order valence-corrected chi connectivity index (χ3v) is 4.02. The number of carbonyl (C=O) groups excluding carboxylic acids is 2. The third kappa shape index (κ3) is 6.68. The van der Waals surface area contributed by atoms with Crippen LogP contribution >= 0.6 is 11.6 Å². The average Bonchev–Trinajstić information content (AvgIpc) is 3.23. The van der Waals surface area contributed by atoms with Gasteiger partial charge in [-0.3, -0.25) is 9.59 Å². The van der Waals surface area contributed by atoms with Crippen LogP contribution in [0.25, 0.3) is 0 Å². The molecule has 0 saturated heterocycles. The summed E-state index contributed by atoms with van der Waals surface area (Å²) in [4.78, 5) is 24.4. The van der Waals surface area contributed by atoms with E-state index in [1.807, 2.05) is 0 Å². The molecule has 0 spiro atoms. The van der Waals surface area contributed by atoms with E-state index >= 15 is 0 Å². The molecule has 1 heterocycles. The van der Waals surface area contributed by atoms with Crippen LogP contribution in [0.5, 0.6) is 5.75 Å². The highest BCUT2D eigenvalue weighted by molar-refractivity contribution is 6.31. The monoisotopic (exact) mass is 453 g/mol. The number of benzene rings is 2. The van der Waals surface area contributed by atoms with Crippen LogP contribution in [0.2, 0.25) is 5.02 Å². The Morgan fingerprint density at radius 1 is 1.00 bits per heavy atom. The Labute approximate surface area is 179 Å². The van der Waals surface area contributed by atoms with Crippen LogP contribution in [0.3, 0.4) is 0 Å². The molecule has 2 amide bonds. The first-order valence-corrected chi connectivity index (χ1v) is 9.11. The minimum Gasteiger partial charge on any atom is -0.459 e. The van der Waals surface area contributed by atoms with Crippen LogP contribution in [0.1, 0.15) is 10.6 Å². The molecular formula is C20H15ClF3N3O4. The van der Waals surface area contributed by atoms with Gasteiger partial charge in [-0.1, -0.05) is 11.6 Å². The lowest BCUT2D eigenvalue weighted by Crippen LogP contribution is -2.22. The van der Waals surface area contributed by atoms with E-state index in [9.17, 15) is 22.8 Å². The first-order valence-electron chi connectivity index (χ1n) is 8.73. The number of hydrogen-bond acceptors (Lipinski definition) is 5. The molecule has 11 heteroatoms. The first kappa shape index (κ1) is 22.0. The minimum absolute atomic E-state index is 0.0987. The lowest BCUT2D eigenvalue weighted by atomic mass is 10.2. The average molecular weight is 454 g/mol. The fourth-order valence-corrected chi connectivity index (χ4v) is 2.66. The van der Waals surface area contributed by atoms with Crippen molar-refractivity contribution in [3.8, 4) is 5.75 Å². The van der Waals surface area contributed by atoms with Gasteiger partial charge in [0.15, 0.2) is 5.76 Å². The second-order valence-corrected chi connectivity index (χ2v) is 6.53. The first-order chi connectivity index (χ1) is 14.7. The van der Waals surface area contributed by atoms with Gasteiger partial charge in [0, 0.05) is 10.7 Å². The number of furan rings is 1. The van der Waals surface area contributed by atoms with Crippen LogP contribution in [0, 0.1) is 0 Å². The summed E-state index contributed by atoms with van der Waals surface area (Å²) in [6, 6.07) is 12.4. The summed E-state index contributed by atoms with van der Waals surface area (Å²) in [5, 5.41) is 8.40. The minimum atomic E-state index is -4.79. The van der Waals surface area contributed by atoms with E-state index in [4.69, 9.17) is 16.0 Å². The lowest BCUT2D eigenvalue weighted by Gasteiger charge is -2.13. The molecule has 0 saturated carbocycles. The van der Waals surface area contributed by atoms with Gasteiger partial charge in [0.1, 0.15) is 5.75 Å². The number of amides is 2. The second-order valence-electron chi connectivity index (χ2n) is 6.10. The molecule has 162 valence electrons. The van der Waals surface area contributed by atoms with Crippen LogP contribution < -0.4 is 20.7 Å². The molecule has 0 aliphatic carbocycles. The van der Waals surface area contributed by atoms with E-state index in [1.165, 1.54) is 30.5 Å². The highest BCUT2D eigenvalue weighted by Gasteiger charge is 2.30. The number of anilines is 3. The van der Waals surface area contributed by atoms with Gasteiger partial charge in [-0.15, -0.1) is 13.2 Å². The predicted molar refractivity (Wildman–Crippen MR) is 108 cm³/mol. The van der Waals surface area contributed by atoms with E-state index in [1.54, 1.807) is 18.2 Å².